The molecule has 2 aromatic heterocycles. The lowest BCUT2D eigenvalue weighted by Gasteiger charge is -2.19. The summed E-state index contributed by atoms with van der Waals surface area (Å²) in [6.07, 6.45) is 3.65. The number of aryl methyl sites for hydroxylation is 2. The molecule has 0 saturated carbocycles. The number of fused-ring (bicyclic) bond motifs is 1. The standard InChI is InChI=1S/C19H32N6O/c1-5-7-24-15(2)16(11-20-24)12-23-8-6-9-25-17(13-23)10-18(21-25)19(26)14-22(3)4/h10-11,19,26H,5-9,12-14H2,1-4H3/t19-/m1/s1. The van der Waals surface area contributed by atoms with Gasteiger partial charge in [-0.15, -0.1) is 0 Å². The van der Waals surface area contributed by atoms with E-state index in [-0.39, 0.29) is 0 Å². The summed E-state index contributed by atoms with van der Waals surface area (Å²) in [5.74, 6) is 0. The normalized spacial score (nSPS) is 16.7. The van der Waals surface area contributed by atoms with Crippen molar-refractivity contribution in [1.29, 1.82) is 0 Å². The van der Waals surface area contributed by atoms with Gasteiger partial charge in [-0.1, -0.05) is 6.92 Å². The van der Waals surface area contributed by atoms with Crippen LogP contribution in [0.1, 0.15) is 48.5 Å². The van der Waals surface area contributed by atoms with Crippen LogP contribution in [0.5, 0.6) is 0 Å². The Balaban J connectivity index is 1.70. The smallest absolute Gasteiger partial charge is 0.110 e. The Morgan fingerprint density at radius 3 is 2.85 bits per heavy atom. The second-order valence-electron chi connectivity index (χ2n) is 7.60. The van der Waals surface area contributed by atoms with Gasteiger partial charge in [-0.3, -0.25) is 14.3 Å². The Hall–Kier alpha value is -1.70. The average molecular weight is 361 g/mol. The molecular weight excluding hydrogens is 328 g/mol. The quantitative estimate of drug-likeness (QED) is 0.816. The molecule has 0 radical (unpaired) electrons. The monoisotopic (exact) mass is 360 g/mol. The molecule has 0 bridgehead atoms. The highest BCUT2D eigenvalue weighted by atomic mass is 16.3. The summed E-state index contributed by atoms with van der Waals surface area (Å²) in [6, 6.07) is 2.07. The van der Waals surface area contributed by atoms with Crippen molar-refractivity contribution in [3.05, 3.63) is 34.9 Å². The van der Waals surface area contributed by atoms with Gasteiger partial charge in [-0.2, -0.15) is 10.2 Å². The zero-order valence-corrected chi connectivity index (χ0v) is 16.5. The van der Waals surface area contributed by atoms with Gasteiger partial charge in [0.15, 0.2) is 0 Å². The maximum absolute atomic E-state index is 10.4. The lowest BCUT2D eigenvalue weighted by atomic mass is 10.2. The number of likely N-dealkylation sites (N-methyl/N-ethyl adjacent to an activating group) is 1. The van der Waals surface area contributed by atoms with Crippen molar-refractivity contribution in [2.24, 2.45) is 0 Å². The molecule has 0 fully saturated rings. The van der Waals surface area contributed by atoms with E-state index in [2.05, 4.69) is 44.4 Å². The van der Waals surface area contributed by atoms with Gasteiger partial charge in [0.2, 0.25) is 0 Å². The topological polar surface area (TPSA) is 62.4 Å². The molecule has 0 saturated heterocycles. The number of aliphatic hydroxyl groups excluding tert-OH is 1. The van der Waals surface area contributed by atoms with Crippen LogP contribution in [0, 0.1) is 6.92 Å². The highest BCUT2D eigenvalue weighted by molar-refractivity contribution is 5.18. The summed E-state index contributed by atoms with van der Waals surface area (Å²) in [5.41, 5.74) is 4.54. The van der Waals surface area contributed by atoms with Gasteiger partial charge in [-0.05, 0) is 39.9 Å². The molecule has 7 heteroatoms. The molecule has 3 heterocycles. The van der Waals surface area contributed by atoms with E-state index in [0.717, 1.165) is 51.3 Å². The lowest BCUT2D eigenvalue weighted by Crippen LogP contribution is -2.23. The molecule has 0 aliphatic carbocycles. The highest BCUT2D eigenvalue weighted by Gasteiger charge is 2.21. The second-order valence-corrected chi connectivity index (χ2v) is 7.60. The van der Waals surface area contributed by atoms with Crippen LogP contribution in [0.3, 0.4) is 0 Å². The minimum atomic E-state index is -0.535. The third-order valence-electron chi connectivity index (χ3n) is 5.03. The molecule has 0 aromatic carbocycles. The SMILES string of the molecule is CCCn1ncc(CN2CCCn3nc([C@H](O)CN(C)C)cc3C2)c1C. The van der Waals surface area contributed by atoms with Crippen molar-refractivity contribution >= 4 is 0 Å². The first-order valence-corrected chi connectivity index (χ1v) is 9.61. The molecule has 0 spiro atoms. The Bertz CT molecular complexity index is 720. The number of hydrogen-bond acceptors (Lipinski definition) is 5. The van der Waals surface area contributed by atoms with Gasteiger partial charge in [0.1, 0.15) is 6.10 Å². The fraction of sp³-hybridized carbons (Fsp3) is 0.684. The van der Waals surface area contributed by atoms with Crippen molar-refractivity contribution in [3.63, 3.8) is 0 Å². The predicted molar refractivity (Wildman–Crippen MR) is 102 cm³/mol. The lowest BCUT2D eigenvalue weighted by molar-refractivity contribution is 0.133. The highest BCUT2D eigenvalue weighted by Crippen LogP contribution is 2.20. The number of nitrogens with zero attached hydrogens (tertiary/aromatic N) is 6. The van der Waals surface area contributed by atoms with E-state index in [4.69, 9.17) is 0 Å². The van der Waals surface area contributed by atoms with Crippen molar-refractivity contribution in [1.82, 2.24) is 29.4 Å². The summed E-state index contributed by atoms with van der Waals surface area (Å²) in [7, 11) is 3.93. The van der Waals surface area contributed by atoms with Gasteiger partial charge in [0.25, 0.3) is 0 Å². The first kappa shape index (κ1) is 19.1. The molecule has 0 unspecified atom stereocenters. The summed E-state index contributed by atoms with van der Waals surface area (Å²) in [4.78, 5) is 4.45. The van der Waals surface area contributed by atoms with Crippen LogP contribution in [0.15, 0.2) is 12.3 Å². The minimum Gasteiger partial charge on any atom is -0.385 e. The first-order chi connectivity index (χ1) is 12.5. The fourth-order valence-corrected chi connectivity index (χ4v) is 3.61. The molecule has 0 amide bonds. The Morgan fingerprint density at radius 1 is 1.31 bits per heavy atom. The second kappa shape index (κ2) is 8.33. The zero-order valence-electron chi connectivity index (χ0n) is 16.5. The van der Waals surface area contributed by atoms with Crippen LogP contribution in [-0.2, 0) is 26.2 Å². The van der Waals surface area contributed by atoms with E-state index in [0.29, 0.717) is 6.54 Å². The van der Waals surface area contributed by atoms with Gasteiger partial charge >= 0.3 is 0 Å². The van der Waals surface area contributed by atoms with Gasteiger partial charge < -0.3 is 10.0 Å². The van der Waals surface area contributed by atoms with Crippen LogP contribution < -0.4 is 0 Å². The van der Waals surface area contributed by atoms with E-state index in [1.54, 1.807) is 0 Å². The third kappa shape index (κ3) is 4.34. The fourth-order valence-electron chi connectivity index (χ4n) is 3.61. The molecule has 1 aliphatic heterocycles. The summed E-state index contributed by atoms with van der Waals surface area (Å²) in [6.45, 7) is 9.65. The van der Waals surface area contributed by atoms with E-state index >= 15 is 0 Å². The largest absolute Gasteiger partial charge is 0.385 e. The molecule has 1 N–H and O–H groups in total. The molecule has 2 aromatic rings. The number of rotatable bonds is 7. The van der Waals surface area contributed by atoms with Crippen molar-refractivity contribution in [3.8, 4) is 0 Å². The number of aromatic nitrogens is 4. The van der Waals surface area contributed by atoms with Gasteiger partial charge in [0.05, 0.1) is 17.6 Å². The van der Waals surface area contributed by atoms with E-state index in [1.165, 1.54) is 17.0 Å². The van der Waals surface area contributed by atoms with Crippen LogP contribution in [0.25, 0.3) is 0 Å². The van der Waals surface area contributed by atoms with E-state index in [1.807, 2.05) is 25.2 Å². The Morgan fingerprint density at radius 2 is 2.12 bits per heavy atom. The van der Waals surface area contributed by atoms with Crippen LogP contribution in [0.4, 0.5) is 0 Å². The van der Waals surface area contributed by atoms with Crippen molar-refractivity contribution in [2.75, 3.05) is 27.2 Å². The average Bonchev–Trinajstić information content (AvgIpc) is 3.07. The summed E-state index contributed by atoms with van der Waals surface area (Å²) >= 11 is 0. The van der Waals surface area contributed by atoms with Crippen molar-refractivity contribution < 1.29 is 5.11 Å². The van der Waals surface area contributed by atoms with E-state index < -0.39 is 6.10 Å². The zero-order chi connectivity index (χ0) is 18.7. The maximum atomic E-state index is 10.4. The molecular formula is C19H32N6O. The third-order valence-corrected chi connectivity index (χ3v) is 5.03. The van der Waals surface area contributed by atoms with Crippen LogP contribution in [-0.4, -0.2) is 61.7 Å². The minimum absolute atomic E-state index is 0.535. The molecule has 144 valence electrons. The van der Waals surface area contributed by atoms with E-state index in [9.17, 15) is 5.11 Å². The van der Waals surface area contributed by atoms with Crippen LogP contribution >= 0.6 is 0 Å². The van der Waals surface area contributed by atoms with Crippen molar-refractivity contribution in [2.45, 2.75) is 59.0 Å². The van der Waals surface area contributed by atoms with Crippen LogP contribution in [0.2, 0.25) is 0 Å². The Kier molecular flexibility index (Phi) is 6.11. The maximum Gasteiger partial charge on any atom is 0.110 e. The number of hydrogen-bond donors (Lipinski definition) is 1. The molecule has 1 atom stereocenters. The molecule has 7 nitrogen and oxygen atoms in total. The molecule has 26 heavy (non-hydrogen) atoms. The van der Waals surface area contributed by atoms with Gasteiger partial charge in [-0.25, -0.2) is 0 Å². The summed E-state index contributed by atoms with van der Waals surface area (Å²) in [5, 5.41) is 19.5. The predicted octanol–water partition coefficient (Wildman–Crippen LogP) is 1.80. The number of aliphatic hydroxyl groups is 1. The van der Waals surface area contributed by atoms with Gasteiger partial charge in [0, 0.05) is 50.5 Å². The molecule has 1 aliphatic rings. The summed E-state index contributed by atoms with van der Waals surface area (Å²) < 4.78 is 4.18. The molecule has 3 rings (SSSR count). The first-order valence-electron chi connectivity index (χ1n) is 9.61. The Labute approximate surface area is 156 Å².